The van der Waals surface area contributed by atoms with E-state index in [1.165, 1.54) is 0 Å². The third-order valence-electron chi connectivity index (χ3n) is 2.96. The van der Waals surface area contributed by atoms with Crippen LogP contribution in [-0.4, -0.2) is 26.8 Å². The molecule has 0 aromatic carbocycles. The average Bonchev–Trinajstić information content (AvgIpc) is 1.99. The number of aliphatic hydroxyl groups is 1. The van der Waals surface area contributed by atoms with Crippen molar-refractivity contribution in [2.75, 3.05) is 0 Å². The minimum Gasteiger partial charge on any atom is -0.386 e. The van der Waals surface area contributed by atoms with Crippen molar-refractivity contribution < 1.29 is 10.3 Å². The Morgan fingerprint density at radius 1 is 1.21 bits per heavy atom. The highest BCUT2D eigenvalue weighted by atomic mass is 16.5. The second-order valence-electron chi connectivity index (χ2n) is 5.58. The molecule has 0 spiro atoms. The summed E-state index contributed by atoms with van der Waals surface area (Å²) in [7, 11) is 0. The molecule has 1 heterocycles. The standard InChI is InChI=1S/C11H20NO2/c1-6-11(13)7-9(2,3)12(14)10(4,5)8-11/h6,13H,1,7-8H2,2-5H3. The van der Waals surface area contributed by atoms with Crippen LogP contribution in [0.4, 0.5) is 0 Å². The number of piperidine rings is 1. The van der Waals surface area contributed by atoms with E-state index < -0.39 is 16.7 Å². The van der Waals surface area contributed by atoms with Crippen LogP contribution in [0.2, 0.25) is 0 Å². The van der Waals surface area contributed by atoms with Crippen molar-refractivity contribution in [3.63, 3.8) is 0 Å². The summed E-state index contributed by atoms with van der Waals surface area (Å²) in [4.78, 5) is 0. The maximum absolute atomic E-state index is 11.9. The van der Waals surface area contributed by atoms with Crippen LogP contribution < -0.4 is 0 Å². The predicted molar refractivity (Wildman–Crippen MR) is 55.1 cm³/mol. The van der Waals surface area contributed by atoms with Crippen molar-refractivity contribution in [2.24, 2.45) is 0 Å². The van der Waals surface area contributed by atoms with E-state index in [0.717, 1.165) is 5.06 Å². The fourth-order valence-corrected chi connectivity index (χ4v) is 2.67. The van der Waals surface area contributed by atoms with Crippen LogP contribution in [0.25, 0.3) is 0 Å². The Hall–Kier alpha value is -0.380. The van der Waals surface area contributed by atoms with Gasteiger partial charge < -0.3 is 5.11 Å². The van der Waals surface area contributed by atoms with E-state index in [1.54, 1.807) is 6.08 Å². The van der Waals surface area contributed by atoms with E-state index in [2.05, 4.69) is 6.58 Å². The summed E-state index contributed by atoms with van der Waals surface area (Å²) in [5, 5.41) is 23.2. The Kier molecular flexibility index (Phi) is 2.55. The third kappa shape index (κ3) is 1.85. The third-order valence-corrected chi connectivity index (χ3v) is 2.96. The summed E-state index contributed by atoms with van der Waals surface area (Å²) in [6.07, 6.45) is 2.44. The fraction of sp³-hybridized carbons (Fsp3) is 0.818. The first kappa shape index (κ1) is 11.7. The second-order valence-corrected chi connectivity index (χ2v) is 5.58. The van der Waals surface area contributed by atoms with Crippen molar-refractivity contribution in [1.82, 2.24) is 5.06 Å². The summed E-state index contributed by atoms with van der Waals surface area (Å²) in [6.45, 7) is 11.1. The van der Waals surface area contributed by atoms with Gasteiger partial charge in [0.2, 0.25) is 0 Å². The first-order valence-corrected chi connectivity index (χ1v) is 4.96. The molecule has 1 fully saturated rings. The highest BCUT2D eigenvalue weighted by Gasteiger charge is 2.51. The molecule has 0 aromatic rings. The molecule has 3 heteroatoms. The van der Waals surface area contributed by atoms with Crippen LogP contribution in [-0.2, 0) is 5.21 Å². The Labute approximate surface area is 86.0 Å². The molecule has 1 aliphatic heterocycles. The van der Waals surface area contributed by atoms with Gasteiger partial charge in [-0.1, -0.05) is 6.08 Å². The van der Waals surface area contributed by atoms with E-state index in [1.807, 2.05) is 27.7 Å². The predicted octanol–water partition coefficient (Wildman–Crippen LogP) is 1.90. The molecule has 14 heavy (non-hydrogen) atoms. The van der Waals surface area contributed by atoms with Crippen LogP contribution >= 0.6 is 0 Å². The maximum Gasteiger partial charge on any atom is 0.0861 e. The van der Waals surface area contributed by atoms with Crippen molar-refractivity contribution >= 4 is 0 Å². The van der Waals surface area contributed by atoms with Gasteiger partial charge in [-0.05, 0) is 27.7 Å². The van der Waals surface area contributed by atoms with Crippen molar-refractivity contribution in [3.05, 3.63) is 12.7 Å². The van der Waals surface area contributed by atoms with Gasteiger partial charge in [-0.25, -0.2) is 0 Å². The first-order valence-electron chi connectivity index (χ1n) is 4.96. The molecule has 0 unspecified atom stereocenters. The molecule has 0 amide bonds. The highest BCUT2D eigenvalue weighted by molar-refractivity contribution is 5.10. The van der Waals surface area contributed by atoms with E-state index >= 15 is 0 Å². The van der Waals surface area contributed by atoms with Gasteiger partial charge in [0, 0.05) is 23.9 Å². The van der Waals surface area contributed by atoms with Gasteiger partial charge in [-0.3, -0.25) is 0 Å². The lowest BCUT2D eigenvalue weighted by atomic mass is 9.72. The lowest BCUT2D eigenvalue weighted by molar-refractivity contribution is -0.306. The molecular weight excluding hydrogens is 178 g/mol. The quantitative estimate of drug-likeness (QED) is 0.654. The topological polar surface area (TPSA) is 43.4 Å². The van der Waals surface area contributed by atoms with Crippen LogP contribution in [0.3, 0.4) is 0 Å². The summed E-state index contributed by atoms with van der Waals surface area (Å²) in [6, 6.07) is 0. The summed E-state index contributed by atoms with van der Waals surface area (Å²) in [5.74, 6) is 0. The van der Waals surface area contributed by atoms with E-state index in [9.17, 15) is 10.3 Å². The van der Waals surface area contributed by atoms with Crippen LogP contribution in [0.15, 0.2) is 12.7 Å². The van der Waals surface area contributed by atoms with E-state index in [0.29, 0.717) is 12.8 Å². The van der Waals surface area contributed by atoms with Gasteiger partial charge >= 0.3 is 0 Å². The zero-order valence-corrected chi connectivity index (χ0v) is 9.50. The molecule has 0 aliphatic carbocycles. The monoisotopic (exact) mass is 198 g/mol. The Morgan fingerprint density at radius 3 is 1.86 bits per heavy atom. The van der Waals surface area contributed by atoms with Crippen LogP contribution in [0.1, 0.15) is 40.5 Å². The van der Waals surface area contributed by atoms with Crippen molar-refractivity contribution in [1.29, 1.82) is 0 Å². The second kappa shape index (κ2) is 3.05. The number of rotatable bonds is 1. The van der Waals surface area contributed by atoms with Gasteiger partial charge in [0.25, 0.3) is 0 Å². The molecule has 1 aliphatic rings. The Morgan fingerprint density at radius 2 is 1.57 bits per heavy atom. The number of hydroxylamine groups is 2. The zero-order valence-electron chi connectivity index (χ0n) is 9.50. The van der Waals surface area contributed by atoms with E-state index in [4.69, 9.17) is 0 Å². The highest BCUT2D eigenvalue weighted by Crippen LogP contribution is 2.42. The molecule has 0 atom stereocenters. The van der Waals surface area contributed by atoms with Crippen molar-refractivity contribution in [2.45, 2.75) is 57.2 Å². The molecule has 0 aromatic heterocycles. The smallest absolute Gasteiger partial charge is 0.0861 e. The molecule has 81 valence electrons. The van der Waals surface area contributed by atoms with Gasteiger partial charge in [-0.2, -0.15) is 0 Å². The molecule has 1 N–H and O–H groups in total. The van der Waals surface area contributed by atoms with Gasteiger partial charge in [-0.15, -0.1) is 16.8 Å². The molecule has 1 rings (SSSR count). The molecular formula is C11H20NO2. The molecule has 3 nitrogen and oxygen atoms in total. The molecule has 0 bridgehead atoms. The molecule has 1 radical (unpaired) electrons. The number of hydrogen-bond donors (Lipinski definition) is 1. The fourth-order valence-electron chi connectivity index (χ4n) is 2.67. The van der Waals surface area contributed by atoms with Gasteiger partial charge in [0.1, 0.15) is 0 Å². The zero-order chi connectivity index (χ0) is 11.2. The average molecular weight is 198 g/mol. The first-order chi connectivity index (χ1) is 6.13. The van der Waals surface area contributed by atoms with Crippen LogP contribution in [0.5, 0.6) is 0 Å². The van der Waals surface area contributed by atoms with Crippen molar-refractivity contribution in [3.8, 4) is 0 Å². The minimum atomic E-state index is -0.909. The Bertz CT molecular complexity index is 228. The SMILES string of the molecule is C=CC1(O)CC(C)(C)N([O])C(C)(C)C1. The molecule has 0 saturated carbocycles. The van der Waals surface area contributed by atoms with Crippen LogP contribution in [0, 0.1) is 0 Å². The lowest BCUT2D eigenvalue weighted by Crippen LogP contribution is -2.63. The number of nitrogens with zero attached hydrogens (tertiary/aromatic N) is 1. The molecule has 1 saturated heterocycles. The number of hydrogen-bond acceptors (Lipinski definition) is 2. The van der Waals surface area contributed by atoms with E-state index in [-0.39, 0.29) is 0 Å². The van der Waals surface area contributed by atoms with Gasteiger partial charge in [0.05, 0.1) is 5.60 Å². The Balaban J connectivity index is 3.03. The summed E-state index contributed by atoms with van der Waals surface area (Å²) in [5.41, 5.74) is -1.98. The lowest BCUT2D eigenvalue weighted by Gasteiger charge is -2.52. The summed E-state index contributed by atoms with van der Waals surface area (Å²) < 4.78 is 0. The van der Waals surface area contributed by atoms with Gasteiger partial charge in [0.15, 0.2) is 0 Å². The maximum atomic E-state index is 11.9. The normalized spacial score (nSPS) is 29.9. The summed E-state index contributed by atoms with van der Waals surface area (Å²) >= 11 is 0. The minimum absolute atomic E-state index is 0.441. The largest absolute Gasteiger partial charge is 0.386 e.